The van der Waals surface area contributed by atoms with Crippen molar-refractivity contribution in [3.05, 3.63) is 72.1 Å². The van der Waals surface area contributed by atoms with Crippen molar-refractivity contribution in [2.24, 2.45) is 0 Å². The molecule has 164 valence electrons. The van der Waals surface area contributed by atoms with Gasteiger partial charge in [-0.2, -0.15) is 0 Å². The molecule has 0 radical (unpaired) electrons. The van der Waals surface area contributed by atoms with Crippen LogP contribution in [0.15, 0.2) is 55.1 Å². The van der Waals surface area contributed by atoms with Gasteiger partial charge in [-0.05, 0) is 37.6 Å². The minimum absolute atomic E-state index is 0.167. The SMILES string of the molecule is CCOc1ccc2ccccc2c1C(=O)NCCNc1cc(-n2cnc(C)c2C)ncn1. The van der Waals surface area contributed by atoms with E-state index in [0.29, 0.717) is 36.8 Å². The second-order valence-electron chi connectivity index (χ2n) is 7.32. The van der Waals surface area contributed by atoms with Gasteiger partial charge in [-0.3, -0.25) is 9.36 Å². The third kappa shape index (κ3) is 4.39. The predicted octanol–water partition coefficient (Wildman–Crippen LogP) is 3.67. The number of hydrogen-bond donors (Lipinski definition) is 2. The lowest BCUT2D eigenvalue weighted by molar-refractivity contribution is 0.0953. The van der Waals surface area contributed by atoms with Crippen LogP contribution in [0.3, 0.4) is 0 Å². The van der Waals surface area contributed by atoms with Crippen molar-refractivity contribution in [1.82, 2.24) is 24.8 Å². The van der Waals surface area contributed by atoms with E-state index in [1.165, 1.54) is 6.33 Å². The van der Waals surface area contributed by atoms with Crippen LogP contribution < -0.4 is 15.4 Å². The molecule has 0 aliphatic carbocycles. The van der Waals surface area contributed by atoms with E-state index in [2.05, 4.69) is 25.6 Å². The van der Waals surface area contributed by atoms with E-state index in [1.54, 1.807) is 6.33 Å². The molecule has 4 rings (SSSR count). The number of hydrogen-bond acceptors (Lipinski definition) is 6. The molecule has 2 N–H and O–H groups in total. The number of aryl methyl sites for hydroxylation is 1. The average Bonchev–Trinajstić information content (AvgIpc) is 3.15. The Morgan fingerprint density at radius 3 is 2.69 bits per heavy atom. The first-order valence-electron chi connectivity index (χ1n) is 10.6. The van der Waals surface area contributed by atoms with Crippen LogP contribution in [0.5, 0.6) is 5.75 Å². The van der Waals surface area contributed by atoms with Crippen LogP contribution >= 0.6 is 0 Å². The number of rotatable bonds is 8. The highest BCUT2D eigenvalue weighted by Crippen LogP contribution is 2.28. The summed E-state index contributed by atoms with van der Waals surface area (Å²) in [6.07, 6.45) is 3.26. The summed E-state index contributed by atoms with van der Waals surface area (Å²) in [6.45, 7) is 7.29. The zero-order valence-electron chi connectivity index (χ0n) is 18.4. The lowest BCUT2D eigenvalue weighted by Gasteiger charge is -2.14. The van der Waals surface area contributed by atoms with Gasteiger partial charge in [-0.15, -0.1) is 0 Å². The van der Waals surface area contributed by atoms with Crippen LogP contribution in [0, 0.1) is 13.8 Å². The Bertz CT molecular complexity index is 1250. The minimum atomic E-state index is -0.167. The van der Waals surface area contributed by atoms with Crippen LogP contribution in [0.2, 0.25) is 0 Å². The highest BCUT2D eigenvalue weighted by Gasteiger charge is 2.16. The molecule has 2 aromatic carbocycles. The lowest BCUT2D eigenvalue weighted by Crippen LogP contribution is -2.29. The number of fused-ring (bicyclic) bond motifs is 1. The predicted molar refractivity (Wildman–Crippen MR) is 125 cm³/mol. The van der Waals surface area contributed by atoms with E-state index in [0.717, 1.165) is 28.0 Å². The minimum Gasteiger partial charge on any atom is -0.493 e. The van der Waals surface area contributed by atoms with Gasteiger partial charge in [0.05, 0.1) is 17.9 Å². The number of carbonyl (C=O) groups excluding carboxylic acids is 1. The van der Waals surface area contributed by atoms with Crippen LogP contribution in [-0.4, -0.2) is 45.1 Å². The Balaban J connectivity index is 1.42. The van der Waals surface area contributed by atoms with E-state index >= 15 is 0 Å². The van der Waals surface area contributed by atoms with Crippen LogP contribution in [0.25, 0.3) is 16.6 Å². The fraction of sp³-hybridized carbons (Fsp3) is 0.250. The summed E-state index contributed by atoms with van der Waals surface area (Å²) in [4.78, 5) is 25.9. The fourth-order valence-electron chi connectivity index (χ4n) is 3.52. The van der Waals surface area contributed by atoms with Gasteiger partial charge in [0.15, 0.2) is 0 Å². The van der Waals surface area contributed by atoms with Gasteiger partial charge >= 0.3 is 0 Å². The summed E-state index contributed by atoms with van der Waals surface area (Å²) < 4.78 is 7.62. The molecule has 8 nitrogen and oxygen atoms in total. The summed E-state index contributed by atoms with van der Waals surface area (Å²) >= 11 is 0. The summed E-state index contributed by atoms with van der Waals surface area (Å²) in [6, 6.07) is 13.5. The molecule has 1 amide bonds. The third-order valence-corrected chi connectivity index (χ3v) is 5.29. The number of nitrogens with one attached hydrogen (secondary N) is 2. The molecule has 0 unspecified atom stereocenters. The third-order valence-electron chi connectivity index (χ3n) is 5.29. The molecule has 0 atom stereocenters. The average molecular weight is 431 g/mol. The molecule has 0 saturated carbocycles. The number of amides is 1. The molecule has 2 heterocycles. The number of carbonyl (C=O) groups is 1. The Kier molecular flexibility index (Phi) is 6.30. The molecule has 0 aliphatic heterocycles. The maximum absolute atomic E-state index is 13.0. The van der Waals surface area contributed by atoms with Gasteiger partial charge in [0.2, 0.25) is 0 Å². The molecule has 0 saturated heterocycles. The lowest BCUT2D eigenvalue weighted by atomic mass is 10.0. The molecule has 32 heavy (non-hydrogen) atoms. The highest BCUT2D eigenvalue weighted by atomic mass is 16.5. The van der Waals surface area contributed by atoms with Crippen LogP contribution in [0.1, 0.15) is 28.7 Å². The number of ether oxygens (including phenoxy) is 1. The quantitative estimate of drug-likeness (QED) is 0.414. The first kappa shape index (κ1) is 21.3. The number of anilines is 1. The van der Waals surface area contributed by atoms with Crippen molar-refractivity contribution in [3.8, 4) is 11.6 Å². The monoisotopic (exact) mass is 430 g/mol. The number of aromatic nitrogens is 4. The van der Waals surface area contributed by atoms with Crippen molar-refractivity contribution in [3.63, 3.8) is 0 Å². The first-order chi connectivity index (χ1) is 15.6. The Labute approximate surface area is 186 Å². The van der Waals surface area contributed by atoms with Crippen molar-refractivity contribution in [2.75, 3.05) is 25.0 Å². The maximum Gasteiger partial charge on any atom is 0.255 e. The van der Waals surface area contributed by atoms with E-state index < -0.39 is 0 Å². The second-order valence-corrected chi connectivity index (χ2v) is 7.32. The van der Waals surface area contributed by atoms with E-state index in [-0.39, 0.29) is 5.91 Å². The standard InChI is InChI=1S/C24H26N6O2/c1-4-32-20-10-9-18-7-5-6-8-19(18)23(20)24(31)26-12-11-25-21-13-22(28-14-27-21)30-15-29-16(2)17(30)3/h5-10,13-15H,4,11-12H2,1-3H3,(H,26,31)(H,25,27,28). The summed E-state index contributed by atoms with van der Waals surface area (Å²) in [5, 5.41) is 8.08. The van der Waals surface area contributed by atoms with Crippen molar-refractivity contribution < 1.29 is 9.53 Å². The topological polar surface area (TPSA) is 94.0 Å². The van der Waals surface area contributed by atoms with Gasteiger partial charge < -0.3 is 15.4 Å². The van der Waals surface area contributed by atoms with Gasteiger partial charge in [0, 0.05) is 24.8 Å². The molecule has 8 heteroatoms. The largest absolute Gasteiger partial charge is 0.493 e. The van der Waals surface area contributed by atoms with Crippen LogP contribution in [0.4, 0.5) is 5.82 Å². The van der Waals surface area contributed by atoms with Crippen LogP contribution in [-0.2, 0) is 0 Å². The molecule has 0 spiro atoms. The summed E-state index contributed by atoms with van der Waals surface area (Å²) in [5.41, 5.74) is 2.54. The highest BCUT2D eigenvalue weighted by molar-refractivity contribution is 6.09. The molecule has 0 bridgehead atoms. The Morgan fingerprint density at radius 1 is 1.06 bits per heavy atom. The Hall–Kier alpha value is -3.94. The van der Waals surface area contributed by atoms with Crippen molar-refractivity contribution in [1.29, 1.82) is 0 Å². The molecular formula is C24H26N6O2. The zero-order valence-corrected chi connectivity index (χ0v) is 18.4. The van der Waals surface area contributed by atoms with Gasteiger partial charge in [-0.1, -0.05) is 30.3 Å². The molecule has 0 aliphatic rings. The smallest absolute Gasteiger partial charge is 0.255 e. The van der Waals surface area contributed by atoms with E-state index in [9.17, 15) is 4.79 Å². The normalized spacial score (nSPS) is 10.8. The molecule has 0 fully saturated rings. The summed E-state index contributed by atoms with van der Waals surface area (Å²) in [7, 11) is 0. The molecule has 2 aromatic heterocycles. The van der Waals surface area contributed by atoms with E-state index in [4.69, 9.17) is 4.74 Å². The first-order valence-corrected chi connectivity index (χ1v) is 10.6. The number of nitrogens with zero attached hydrogens (tertiary/aromatic N) is 4. The Morgan fingerprint density at radius 2 is 1.91 bits per heavy atom. The number of benzene rings is 2. The van der Waals surface area contributed by atoms with Crippen molar-refractivity contribution >= 4 is 22.5 Å². The number of imidazole rings is 1. The molecular weight excluding hydrogens is 404 g/mol. The van der Waals surface area contributed by atoms with Crippen molar-refractivity contribution in [2.45, 2.75) is 20.8 Å². The fourth-order valence-corrected chi connectivity index (χ4v) is 3.52. The van der Waals surface area contributed by atoms with Gasteiger partial charge in [0.1, 0.15) is 30.0 Å². The van der Waals surface area contributed by atoms with Gasteiger partial charge in [-0.25, -0.2) is 15.0 Å². The maximum atomic E-state index is 13.0. The zero-order chi connectivity index (χ0) is 22.5. The summed E-state index contributed by atoms with van der Waals surface area (Å²) in [5.74, 6) is 1.83. The second kappa shape index (κ2) is 9.47. The van der Waals surface area contributed by atoms with Gasteiger partial charge in [0.25, 0.3) is 5.91 Å². The molecule has 4 aromatic rings. The van der Waals surface area contributed by atoms with E-state index in [1.807, 2.05) is 67.8 Å².